The number of morpholine rings is 1. The number of ether oxygens (including phenoxy) is 1. The van der Waals surface area contributed by atoms with E-state index in [9.17, 15) is 14.4 Å². The zero-order chi connectivity index (χ0) is 19.4. The van der Waals surface area contributed by atoms with Crippen LogP contribution in [-0.2, 0) is 19.1 Å². The lowest BCUT2D eigenvalue weighted by Crippen LogP contribution is -2.53. The summed E-state index contributed by atoms with van der Waals surface area (Å²) in [6.07, 6.45) is 1.58. The largest absolute Gasteiger partial charge is 0.356 e. The molecule has 2 saturated heterocycles. The van der Waals surface area contributed by atoms with Crippen LogP contribution in [0.4, 0.5) is 0 Å². The van der Waals surface area contributed by atoms with Crippen LogP contribution in [0, 0.1) is 6.92 Å². The van der Waals surface area contributed by atoms with Gasteiger partial charge >= 0.3 is 0 Å². The quantitative estimate of drug-likeness (QED) is 0.836. The van der Waals surface area contributed by atoms with Crippen LogP contribution in [0.5, 0.6) is 0 Å². The summed E-state index contributed by atoms with van der Waals surface area (Å²) in [5.41, 5.74) is 1.89. The summed E-state index contributed by atoms with van der Waals surface area (Å²) < 4.78 is 5.60. The fourth-order valence-electron chi connectivity index (χ4n) is 3.74. The third-order valence-corrected chi connectivity index (χ3v) is 5.35. The Kier molecular flexibility index (Phi) is 6.11. The van der Waals surface area contributed by atoms with Crippen LogP contribution < -0.4 is 5.32 Å². The first kappa shape index (κ1) is 19.4. The Labute approximate surface area is 159 Å². The number of carbonyl (C=O) groups is 3. The van der Waals surface area contributed by atoms with Gasteiger partial charge in [0.15, 0.2) is 6.10 Å². The average Bonchev–Trinajstić information content (AvgIpc) is 3.19. The van der Waals surface area contributed by atoms with Gasteiger partial charge in [0.2, 0.25) is 11.8 Å². The number of rotatable bonds is 5. The zero-order valence-corrected chi connectivity index (χ0v) is 15.9. The van der Waals surface area contributed by atoms with Gasteiger partial charge in [-0.2, -0.15) is 0 Å². The topological polar surface area (TPSA) is 79.0 Å². The van der Waals surface area contributed by atoms with Gasteiger partial charge in [0, 0.05) is 33.1 Å². The van der Waals surface area contributed by atoms with Crippen molar-refractivity contribution in [2.45, 2.75) is 38.3 Å². The highest BCUT2D eigenvalue weighted by atomic mass is 16.5. The van der Waals surface area contributed by atoms with Crippen LogP contribution in [0.25, 0.3) is 0 Å². The van der Waals surface area contributed by atoms with Crippen LogP contribution >= 0.6 is 0 Å². The number of benzene rings is 1. The molecule has 1 N–H and O–H groups in total. The summed E-state index contributed by atoms with van der Waals surface area (Å²) >= 11 is 0. The van der Waals surface area contributed by atoms with Crippen molar-refractivity contribution in [3.8, 4) is 0 Å². The molecular formula is C20H27N3O4. The minimum Gasteiger partial charge on any atom is -0.356 e. The van der Waals surface area contributed by atoms with Crippen molar-refractivity contribution in [2.75, 3.05) is 33.3 Å². The van der Waals surface area contributed by atoms with Crippen LogP contribution in [0.1, 0.15) is 36.4 Å². The minimum atomic E-state index is -0.796. The highest BCUT2D eigenvalue weighted by Crippen LogP contribution is 2.31. The summed E-state index contributed by atoms with van der Waals surface area (Å²) in [7, 11) is 1.69. The summed E-state index contributed by atoms with van der Waals surface area (Å²) in [6, 6.07) is 7.19. The molecule has 3 amide bonds. The summed E-state index contributed by atoms with van der Waals surface area (Å²) in [5.74, 6) is -0.381. The van der Waals surface area contributed by atoms with Crippen LogP contribution in [0.2, 0.25) is 0 Å². The molecule has 146 valence electrons. The number of amides is 3. The van der Waals surface area contributed by atoms with E-state index in [0.29, 0.717) is 0 Å². The van der Waals surface area contributed by atoms with E-state index in [1.165, 1.54) is 0 Å². The molecular weight excluding hydrogens is 346 g/mol. The van der Waals surface area contributed by atoms with Crippen LogP contribution in [0.15, 0.2) is 24.3 Å². The number of likely N-dealkylation sites (N-methyl/N-ethyl adjacent to an activating group) is 1. The third-order valence-electron chi connectivity index (χ3n) is 5.35. The van der Waals surface area contributed by atoms with Gasteiger partial charge in [-0.1, -0.05) is 24.3 Å². The monoisotopic (exact) mass is 373 g/mol. The van der Waals surface area contributed by atoms with Crippen molar-refractivity contribution >= 4 is 17.7 Å². The SMILES string of the molecule is Cc1ccccc1[C@@H]1[C@@H](C(=O)NCCC(=O)N2CCCC2)OCC(=O)N1C. The molecule has 0 radical (unpaired) electrons. The van der Waals surface area contributed by atoms with Crippen molar-refractivity contribution in [2.24, 2.45) is 0 Å². The van der Waals surface area contributed by atoms with Gasteiger partial charge < -0.3 is 19.9 Å². The number of aryl methyl sites for hydroxylation is 1. The fraction of sp³-hybridized carbons (Fsp3) is 0.550. The Morgan fingerprint density at radius 3 is 2.63 bits per heavy atom. The van der Waals surface area contributed by atoms with E-state index < -0.39 is 12.1 Å². The van der Waals surface area contributed by atoms with Gasteiger partial charge in [0.25, 0.3) is 5.91 Å². The lowest BCUT2D eigenvalue weighted by molar-refractivity contribution is -0.162. The molecule has 2 atom stereocenters. The van der Waals surface area contributed by atoms with E-state index >= 15 is 0 Å². The standard InChI is InChI=1S/C20H27N3O4/c1-14-7-3-4-8-15(14)18-19(27-13-17(25)22(18)2)20(26)21-10-9-16(24)23-11-5-6-12-23/h3-4,7-8,18-19H,5-6,9-13H2,1-2H3,(H,21,26)/t18-,19+/m1/s1. The van der Waals surface area contributed by atoms with E-state index in [-0.39, 0.29) is 37.3 Å². The zero-order valence-electron chi connectivity index (χ0n) is 15.9. The van der Waals surface area contributed by atoms with E-state index in [4.69, 9.17) is 4.74 Å². The molecule has 0 aromatic heterocycles. The summed E-state index contributed by atoms with van der Waals surface area (Å²) in [5, 5.41) is 2.81. The van der Waals surface area contributed by atoms with E-state index in [2.05, 4.69) is 5.32 Å². The molecule has 27 heavy (non-hydrogen) atoms. The molecule has 2 aliphatic heterocycles. The second-order valence-corrected chi connectivity index (χ2v) is 7.17. The van der Waals surface area contributed by atoms with Gasteiger partial charge in [-0.15, -0.1) is 0 Å². The van der Waals surface area contributed by atoms with E-state index in [1.54, 1.807) is 11.9 Å². The van der Waals surface area contributed by atoms with Gasteiger partial charge in [-0.25, -0.2) is 0 Å². The first-order valence-corrected chi connectivity index (χ1v) is 9.47. The number of likely N-dealkylation sites (tertiary alicyclic amines) is 1. The molecule has 0 bridgehead atoms. The Morgan fingerprint density at radius 1 is 1.22 bits per heavy atom. The lowest BCUT2D eigenvalue weighted by atomic mass is 9.94. The smallest absolute Gasteiger partial charge is 0.251 e. The molecule has 2 aliphatic rings. The van der Waals surface area contributed by atoms with Crippen LogP contribution in [0.3, 0.4) is 0 Å². The maximum atomic E-state index is 12.7. The lowest BCUT2D eigenvalue weighted by Gasteiger charge is -2.38. The normalized spacial score (nSPS) is 22.8. The first-order chi connectivity index (χ1) is 13.0. The predicted molar refractivity (Wildman–Crippen MR) is 99.9 cm³/mol. The fourth-order valence-corrected chi connectivity index (χ4v) is 3.74. The molecule has 0 saturated carbocycles. The number of nitrogens with one attached hydrogen (secondary N) is 1. The molecule has 0 spiro atoms. The van der Waals surface area contributed by atoms with Gasteiger partial charge in [0.05, 0.1) is 6.04 Å². The maximum absolute atomic E-state index is 12.7. The molecule has 2 fully saturated rings. The third kappa shape index (κ3) is 4.30. The number of nitrogens with zero attached hydrogens (tertiary/aromatic N) is 2. The molecule has 2 heterocycles. The molecule has 7 nitrogen and oxygen atoms in total. The van der Waals surface area contributed by atoms with Gasteiger partial charge in [-0.05, 0) is 30.9 Å². The molecule has 1 aromatic rings. The second kappa shape index (κ2) is 8.52. The highest BCUT2D eigenvalue weighted by Gasteiger charge is 2.40. The Morgan fingerprint density at radius 2 is 1.93 bits per heavy atom. The number of hydrogen-bond donors (Lipinski definition) is 1. The van der Waals surface area contributed by atoms with E-state index in [0.717, 1.165) is 37.1 Å². The van der Waals surface area contributed by atoms with Crippen LogP contribution in [-0.4, -0.2) is 66.9 Å². The number of hydrogen-bond acceptors (Lipinski definition) is 4. The van der Waals surface area contributed by atoms with Gasteiger partial charge in [0.1, 0.15) is 6.61 Å². The molecule has 0 unspecified atom stereocenters. The summed E-state index contributed by atoms with van der Waals surface area (Å²) in [6.45, 7) is 3.71. The first-order valence-electron chi connectivity index (χ1n) is 9.47. The number of carbonyl (C=O) groups excluding carboxylic acids is 3. The Bertz CT molecular complexity index is 715. The second-order valence-electron chi connectivity index (χ2n) is 7.17. The molecule has 0 aliphatic carbocycles. The summed E-state index contributed by atoms with van der Waals surface area (Å²) in [4.78, 5) is 40.4. The highest BCUT2D eigenvalue weighted by molar-refractivity contribution is 5.87. The van der Waals surface area contributed by atoms with Crippen molar-refractivity contribution in [1.82, 2.24) is 15.1 Å². The van der Waals surface area contributed by atoms with E-state index in [1.807, 2.05) is 36.1 Å². The molecule has 3 rings (SSSR count). The molecule has 1 aromatic carbocycles. The average molecular weight is 373 g/mol. The maximum Gasteiger partial charge on any atom is 0.251 e. The Hall–Kier alpha value is -2.41. The van der Waals surface area contributed by atoms with Gasteiger partial charge in [-0.3, -0.25) is 14.4 Å². The van der Waals surface area contributed by atoms with Crippen molar-refractivity contribution in [3.63, 3.8) is 0 Å². The van der Waals surface area contributed by atoms with Crippen molar-refractivity contribution in [3.05, 3.63) is 35.4 Å². The Balaban J connectivity index is 1.65. The van der Waals surface area contributed by atoms with Crippen molar-refractivity contribution < 1.29 is 19.1 Å². The molecule has 7 heteroatoms. The predicted octanol–water partition coefficient (Wildman–Crippen LogP) is 1.02. The minimum absolute atomic E-state index is 0.0695. The van der Waals surface area contributed by atoms with Crippen molar-refractivity contribution in [1.29, 1.82) is 0 Å².